The molecule has 0 bridgehead atoms. The molecule has 16 nitrogen and oxygen atoms in total. The van der Waals surface area contributed by atoms with Crippen LogP contribution in [-0.2, 0) is 55.8 Å². The molecule has 4 N–H and O–H groups in total. The summed E-state index contributed by atoms with van der Waals surface area (Å²) in [5.41, 5.74) is 0. The molecule has 0 heterocycles. The second-order valence-electron chi connectivity index (χ2n) is 28.2. The highest BCUT2D eigenvalue weighted by atomic mass is 31.2. The van der Waals surface area contributed by atoms with Crippen molar-refractivity contribution in [3.8, 4) is 0 Å². The molecule has 0 aliphatic carbocycles. The fourth-order valence-electron chi connectivity index (χ4n) is 11.3. The Morgan fingerprint density at radius 1 is 0.266 bits per heavy atom. The minimum atomic E-state index is -4.94. The molecular weight excluding hydrogens is 1410 g/mol. The third kappa shape index (κ3) is 83.9. The number of ether oxygens (including phenoxy) is 3. The van der Waals surface area contributed by atoms with Crippen molar-refractivity contribution in [2.75, 3.05) is 39.6 Å². The zero-order valence-corrected chi connectivity index (χ0v) is 70.2. The number of hydrogen-bond donors (Lipinski definition) is 4. The van der Waals surface area contributed by atoms with E-state index in [2.05, 4.69) is 179 Å². The van der Waals surface area contributed by atoms with Crippen molar-refractivity contribution < 1.29 is 75.8 Å². The summed E-state index contributed by atoms with van der Waals surface area (Å²) in [5.74, 6) is -1.59. The Kier molecular flexibility index (Phi) is 79.0. The summed E-state index contributed by atoms with van der Waals surface area (Å²) in [5, 5.41) is 20.7. The van der Waals surface area contributed by atoms with Crippen LogP contribution in [0.25, 0.3) is 0 Å². The van der Waals surface area contributed by atoms with Crippen molar-refractivity contribution in [1.82, 2.24) is 0 Å². The van der Waals surface area contributed by atoms with E-state index in [9.17, 15) is 43.5 Å². The Morgan fingerprint density at radius 3 is 0.771 bits per heavy atom. The lowest BCUT2D eigenvalue weighted by atomic mass is 10.0. The number of phosphoric ester groups is 2. The number of carbonyl (C=O) groups excluding carboxylic acids is 3. The zero-order valence-electron chi connectivity index (χ0n) is 68.4. The third-order valence-corrected chi connectivity index (χ3v) is 19.6. The van der Waals surface area contributed by atoms with Crippen LogP contribution < -0.4 is 0 Å². The predicted molar refractivity (Wildman–Crippen MR) is 454 cm³/mol. The first-order chi connectivity index (χ1) is 53.2. The summed E-state index contributed by atoms with van der Waals surface area (Å²) >= 11 is 0. The smallest absolute Gasteiger partial charge is 0.463 e. The highest BCUT2D eigenvalue weighted by molar-refractivity contribution is 7.47. The highest BCUT2D eigenvalue weighted by Crippen LogP contribution is 2.45. The van der Waals surface area contributed by atoms with Crippen LogP contribution in [0.4, 0.5) is 0 Å². The summed E-state index contributed by atoms with van der Waals surface area (Å²) in [7, 11) is -9.81. The van der Waals surface area contributed by atoms with Gasteiger partial charge in [-0.1, -0.05) is 333 Å². The van der Waals surface area contributed by atoms with E-state index in [0.29, 0.717) is 19.3 Å². The van der Waals surface area contributed by atoms with E-state index < -0.39 is 91.5 Å². The maximum atomic E-state index is 13.0. The van der Waals surface area contributed by atoms with Gasteiger partial charge in [-0.3, -0.25) is 32.5 Å². The molecule has 0 aromatic carbocycles. The monoisotopic (exact) mass is 1570 g/mol. The molecule has 0 aromatic rings. The Labute approximate surface area is 663 Å². The average molecular weight is 1570 g/mol. The number of unbranched alkanes of at least 4 members (excludes halogenated alkanes) is 31. The van der Waals surface area contributed by atoms with E-state index >= 15 is 0 Å². The van der Waals surface area contributed by atoms with Crippen LogP contribution >= 0.6 is 15.6 Å². The molecule has 0 radical (unpaired) electrons. The maximum Gasteiger partial charge on any atom is 0.472 e. The first-order valence-electron chi connectivity index (χ1n) is 42.8. The molecule has 5 unspecified atom stereocenters. The Bertz CT molecular complexity index is 2610. The van der Waals surface area contributed by atoms with Crippen molar-refractivity contribution in [3.63, 3.8) is 0 Å². The van der Waals surface area contributed by atoms with E-state index in [1.807, 2.05) is 0 Å². The summed E-state index contributed by atoms with van der Waals surface area (Å²) < 4.78 is 61.3. The van der Waals surface area contributed by atoms with Gasteiger partial charge >= 0.3 is 33.6 Å². The topological polar surface area (TPSA) is 231 Å². The fraction of sp³-hybridized carbons (Fsp3) is 0.681. The summed E-state index contributed by atoms with van der Waals surface area (Å²) in [6, 6.07) is 0. The van der Waals surface area contributed by atoms with Crippen molar-refractivity contribution >= 4 is 33.6 Å². The minimum absolute atomic E-state index is 0.0852. The van der Waals surface area contributed by atoms with Crippen LogP contribution in [0.5, 0.6) is 0 Å². The van der Waals surface area contributed by atoms with Crippen LogP contribution in [0.1, 0.15) is 342 Å². The Morgan fingerprint density at radius 2 is 0.486 bits per heavy atom. The van der Waals surface area contributed by atoms with Gasteiger partial charge in [-0.15, -0.1) is 0 Å². The number of aliphatic hydroxyl groups excluding tert-OH is 2. The van der Waals surface area contributed by atoms with Crippen LogP contribution in [0.2, 0.25) is 0 Å². The molecule has 0 amide bonds. The van der Waals surface area contributed by atoms with E-state index in [4.69, 9.17) is 32.3 Å². The molecule has 0 saturated carbocycles. The number of esters is 3. The van der Waals surface area contributed by atoms with Crippen molar-refractivity contribution in [1.29, 1.82) is 0 Å². The second-order valence-corrected chi connectivity index (χ2v) is 31.1. The molecule has 18 heteroatoms. The van der Waals surface area contributed by atoms with Gasteiger partial charge in [0.05, 0.1) is 26.4 Å². The lowest BCUT2D eigenvalue weighted by molar-refractivity contribution is -0.161. The molecule has 0 saturated heterocycles. The first-order valence-corrected chi connectivity index (χ1v) is 45.8. The van der Waals surface area contributed by atoms with E-state index in [-0.39, 0.29) is 19.3 Å². The van der Waals surface area contributed by atoms with Gasteiger partial charge in [0.2, 0.25) is 0 Å². The second kappa shape index (κ2) is 82.6. The molecule has 5 atom stereocenters. The number of aliphatic hydroxyl groups is 2. The number of allylic oxidation sites excluding steroid dienone is 26. The average Bonchev–Trinajstić information content (AvgIpc) is 0.940. The molecule has 624 valence electrons. The summed E-state index contributed by atoms with van der Waals surface area (Å²) in [6.07, 6.45) is 104. The van der Waals surface area contributed by atoms with Gasteiger partial charge < -0.3 is 34.2 Å². The normalized spacial score (nSPS) is 14.7. The van der Waals surface area contributed by atoms with Crippen molar-refractivity contribution in [3.05, 3.63) is 158 Å². The fourth-order valence-corrected chi connectivity index (χ4v) is 12.9. The third-order valence-electron chi connectivity index (χ3n) is 17.7. The van der Waals surface area contributed by atoms with Crippen molar-refractivity contribution in [2.24, 2.45) is 0 Å². The molecule has 0 aliphatic heterocycles. The summed E-state index contributed by atoms with van der Waals surface area (Å²) in [4.78, 5) is 58.8. The van der Waals surface area contributed by atoms with Gasteiger partial charge in [-0.25, -0.2) is 9.13 Å². The van der Waals surface area contributed by atoms with Crippen molar-refractivity contribution in [2.45, 2.75) is 360 Å². The zero-order chi connectivity index (χ0) is 79.4. The van der Waals surface area contributed by atoms with Gasteiger partial charge in [-0.05, 0) is 148 Å². The Balaban J connectivity index is 4.52. The number of phosphoric acid groups is 2. The van der Waals surface area contributed by atoms with Gasteiger partial charge in [0.15, 0.2) is 6.10 Å². The molecule has 0 spiro atoms. The first kappa shape index (κ1) is 104. The lowest BCUT2D eigenvalue weighted by Crippen LogP contribution is -2.30. The van der Waals surface area contributed by atoms with Gasteiger partial charge in [0.1, 0.15) is 25.4 Å². The largest absolute Gasteiger partial charge is 0.472 e. The van der Waals surface area contributed by atoms with Crippen LogP contribution in [0.3, 0.4) is 0 Å². The number of rotatable bonds is 80. The van der Waals surface area contributed by atoms with Crippen LogP contribution in [-0.4, -0.2) is 95.9 Å². The molecule has 0 fully saturated rings. The van der Waals surface area contributed by atoms with E-state index in [1.54, 1.807) is 0 Å². The number of carbonyl (C=O) groups is 3. The predicted octanol–water partition coefficient (Wildman–Crippen LogP) is 25.8. The minimum Gasteiger partial charge on any atom is -0.463 e. The van der Waals surface area contributed by atoms with E-state index in [0.717, 1.165) is 173 Å². The van der Waals surface area contributed by atoms with Crippen LogP contribution in [0, 0.1) is 0 Å². The SMILES string of the molecule is CC/C=C\C/C=C\C/C=C\C/C=C\C/C=C\C/C=C\CCCCCCCCCCCCCCC(=O)OCC(O)COP(=O)(O)OCC(O)COP(=O)(O)OCC(COC(=O)CCCCCCCCCCCCC/C=C\C/C=C\C/C=C\C/C=C\C/C=C\CC)OC(=O)CCCCCCC/C=C\C/C=C\CCCCC. The molecule has 0 aliphatic rings. The van der Waals surface area contributed by atoms with Gasteiger partial charge in [-0.2, -0.15) is 0 Å². The van der Waals surface area contributed by atoms with Gasteiger partial charge in [0, 0.05) is 19.3 Å². The highest BCUT2D eigenvalue weighted by Gasteiger charge is 2.29. The number of hydrogen-bond acceptors (Lipinski definition) is 14. The maximum absolute atomic E-state index is 13.0. The molecule has 0 aromatic heterocycles. The van der Waals surface area contributed by atoms with Gasteiger partial charge in [0.25, 0.3) is 0 Å². The van der Waals surface area contributed by atoms with E-state index in [1.165, 1.54) is 109 Å². The molecule has 109 heavy (non-hydrogen) atoms. The Hall–Kier alpha value is -4.83. The quantitative estimate of drug-likeness (QED) is 0.0146. The summed E-state index contributed by atoms with van der Waals surface area (Å²) in [6.45, 7) is 2.43. The molecule has 0 rings (SSSR count). The molecular formula is C91H154O16P2. The van der Waals surface area contributed by atoms with Crippen LogP contribution in [0.15, 0.2) is 158 Å². The lowest BCUT2D eigenvalue weighted by Gasteiger charge is -2.21. The standard InChI is InChI=1S/C91H154O16P2/c1-4-7-10-13-16-19-22-25-28-30-32-34-36-38-40-41-42-43-45-47-48-50-52-54-57-59-62-65-68-71-74-77-89(94)101-80-86(92)81-103-108(97,98)104-82-87(93)83-105-109(99,100)106-85-88(107-91(96)79-76-73-70-67-64-61-56-27-24-21-18-15-12-9-6-3)84-102-90(95)78-75-72-69-66-63-60-58-55-53-51-49-46-44-39-37-35-33-31-29-26-23-20-17-14-11-8-5-2/h7-8,10-11,16-21,25-29,32-35,38-40,42-44,56,86-88,92-93H,4-6,9,12-15,22-24,30-31,36-37,41,45-55,57-85H2,1-3H3,(H,97,98)(H,99,100)/b10-7-,11-8-,19-16-,20-17-,21-18-,28-25-,29-26-,34-32-,35-33-,40-38-,43-42-,44-39-,56-27-.